The highest BCUT2D eigenvalue weighted by atomic mass is 32.2. The molecular weight excluding hydrogens is 266 g/mol. The van der Waals surface area contributed by atoms with Gasteiger partial charge in [0.25, 0.3) is 0 Å². The number of nitrogens with one attached hydrogen (secondary N) is 1. The first-order valence-electron chi connectivity index (χ1n) is 8.32. The standard InChI is InChI=1S/C17H35NOS/c1-14(2)13-19-16-12-15(17(16,3)4)18-10-8-6-7-9-11-20-5/h14-16,18H,6-13H2,1-5H3. The first-order valence-corrected chi connectivity index (χ1v) is 9.71. The van der Waals surface area contributed by atoms with Crippen molar-refractivity contribution in [2.24, 2.45) is 11.3 Å². The van der Waals surface area contributed by atoms with Crippen LogP contribution in [0.2, 0.25) is 0 Å². The van der Waals surface area contributed by atoms with Crippen LogP contribution in [0.4, 0.5) is 0 Å². The predicted octanol–water partition coefficient (Wildman–Crippen LogP) is 4.34. The van der Waals surface area contributed by atoms with E-state index in [1.54, 1.807) is 0 Å². The maximum absolute atomic E-state index is 6.01. The summed E-state index contributed by atoms with van der Waals surface area (Å²) in [5, 5.41) is 3.73. The zero-order valence-electron chi connectivity index (χ0n) is 14.2. The Morgan fingerprint density at radius 3 is 2.50 bits per heavy atom. The van der Waals surface area contributed by atoms with Crippen LogP contribution >= 0.6 is 11.8 Å². The highest BCUT2D eigenvalue weighted by Crippen LogP contribution is 2.42. The highest BCUT2D eigenvalue weighted by molar-refractivity contribution is 7.98. The van der Waals surface area contributed by atoms with Gasteiger partial charge in [0.15, 0.2) is 0 Å². The minimum absolute atomic E-state index is 0.299. The summed E-state index contributed by atoms with van der Waals surface area (Å²) < 4.78 is 6.01. The minimum Gasteiger partial charge on any atom is -0.377 e. The molecule has 20 heavy (non-hydrogen) atoms. The maximum Gasteiger partial charge on any atom is 0.0656 e. The molecule has 0 aromatic heterocycles. The van der Waals surface area contributed by atoms with Crippen molar-refractivity contribution in [3.05, 3.63) is 0 Å². The van der Waals surface area contributed by atoms with Gasteiger partial charge in [-0.25, -0.2) is 0 Å². The van der Waals surface area contributed by atoms with Gasteiger partial charge in [-0.2, -0.15) is 11.8 Å². The quantitative estimate of drug-likeness (QED) is 0.574. The van der Waals surface area contributed by atoms with E-state index in [9.17, 15) is 0 Å². The van der Waals surface area contributed by atoms with Crippen molar-refractivity contribution >= 4 is 11.8 Å². The number of rotatable bonds is 11. The molecule has 0 aromatic carbocycles. The van der Waals surface area contributed by atoms with E-state index in [2.05, 4.69) is 39.3 Å². The summed E-state index contributed by atoms with van der Waals surface area (Å²) in [6.45, 7) is 11.2. The van der Waals surface area contributed by atoms with Crippen molar-refractivity contribution < 1.29 is 4.74 Å². The molecule has 2 unspecified atom stereocenters. The molecule has 2 atom stereocenters. The predicted molar refractivity (Wildman–Crippen MR) is 91.6 cm³/mol. The third-order valence-corrected chi connectivity index (χ3v) is 5.17. The summed E-state index contributed by atoms with van der Waals surface area (Å²) in [5.74, 6) is 1.96. The van der Waals surface area contributed by atoms with Gasteiger partial charge in [-0.15, -0.1) is 0 Å². The summed E-state index contributed by atoms with van der Waals surface area (Å²) in [6, 6.07) is 0.644. The molecule has 0 aromatic rings. The number of ether oxygens (including phenoxy) is 1. The second-order valence-electron chi connectivity index (χ2n) is 7.19. The van der Waals surface area contributed by atoms with E-state index < -0.39 is 0 Å². The van der Waals surface area contributed by atoms with Gasteiger partial charge >= 0.3 is 0 Å². The molecule has 1 aliphatic carbocycles. The second-order valence-corrected chi connectivity index (χ2v) is 8.17. The second kappa shape index (κ2) is 9.32. The summed E-state index contributed by atoms with van der Waals surface area (Å²) >= 11 is 1.96. The molecule has 0 aliphatic heterocycles. The summed E-state index contributed by atoms with van der Waals surface area (Å²) in [4.78, 5) is 0. The Morgan fingerprint density at radius 2 is 1.90 bits per heavy atom. The van der Waals surface area contributed by atoms with Gasteiger partial charge in [0.05, 0.1) is 6.10 Å². The summed E-state index contributed by atoms with van der Waals surface area (Å²) in [7, 11) is 0. The molecule has 0 bridgehead atoms. The SMILES string of the molecule is CSCCCCCCNC1CC(OCC(C)C)C1(C)C. The first-order chi connectivity index (χ1) is 9.48. The van der Waals surface area contributed by atoms with Crippen molar-refractivity contribution in [2.45, 2.75) is 71.9 Å². The lowest BCUT2D eigenvalue weighted by atomic mass is 9.64. The normalized spacial score (nSPS) is 24.9. The molecule has 3 heteroatoms. The fraction of sp³-hybridized carbons (Fsp3) is 1.00. The summed E-state index contributed by atoms with van der Waals surface area (Å²) in [6.07, 6.45) is 9.28. The van der Waals surface area contributed by atoms with Crippen molar-refractivity contribution in [1.29, 1.82) is 0 Å². The zero-order valence-corrected chi connectivity index (χ0v) is 15.0. The van der Waals surface area contributed by atoms with Crippen LogP contribution in [0.1, 0.15) is 59.8 Å². The van der Waals surface area contributed by atoms with Crippen molar-refractivity contribution in [3.63, 3.8) is 0 Å². The Kier molecular flexibility index (Phi) is 8.54. The average Bonchev–Trinajstić information content (AvgIpc) is 2.39. The van der Waals surface area contributed by atoms with Crippen LogP contribution in [0.3, 0.4) is 0 Å². The molecule has 0 amide bonds. The van der Waals surface area contributed by atoms with Crippen molar-refractivity contribution in [2.75, 3.05) is 25.2 Å². The molecule has 1 rings (SSSR count). The topological polar surface area (TPSA) is 21.3 Å². The van der Waals surface area contributed by atoms with E-state index in [0.717, 1.165) is 6.61 Å². The molecule has 2 nitrogen and oxygen atoms in total. The third kappa shape index (κ3) is 5.95. The first kappa shape index (κ1) is 18.3. The lowest BCUT2D eigenvalue weighted by Gasteiger charge is -2.52. The van der Waals surface area contributed by atoms with Gasteiger partial charge in [0, 0.05) is 18.1 Å². The number of hydrogen-bond acceptors (Lipinski definition) is 3. The lowest BCUT2D eigenvalue weighted by Crippen LogP contribution is -2.61. The van der Waals surface area contributed by atoms with Gasteiger partial charge < -0.3 is 10.1 Å². The molecule has 0 heterocycles. The average molecular weight is 302 g/mol. The molecule has 120 valence electrons. The minimum atomic E-state index is 0.299. The molecule has 1 fully saturated rings. The lowest BCUT2D eigenvalue weighted by molar-refractivity contribution is -0.123. The van der Waals surface area contributed by atoms with E-state index in [-0.39, 0.29) is 0 Å². The van der Waals surface area contributed by atoms with Crippen molar-refractivity contribution in [1.82, 2.24) is 5.32 Å². The Morgan fingerprint density at radius 1 is 1.20 bits per heavy atom. The van der Waals surface area contributed by atoms with Crippen LogP contribution in [-0.2, 0) is 4.74 Å². The molecule has 0 radical (unpaired) electrons. The molecule has 0 saturated heterocycles. The Bertz CT molecular complexity index is 255. The monoisotopic (exact) mass is 301 g/mol. The molecular formula is C17H35NOS. The largest absolute Gasteiger partial charge is 0.377 e. The van der Waals surface area contributed by atoms with E-state index in [4.69, 9.17) is 4.74 Å². The maximum atomic E-state index is 6.01. The Hall–Kier alpha value is 0.270. The van der Waals surface area contributed by atoms with E-state index in [0.29, 0.717) is 23.5 Å². The van der Waals surface area contributed by atoms with Crippen LogP contribution in [0.5, 0.6) is 0 Å². The van der Waals surface area contributed by atoms with Crippen LogP contribution in [-0.4, -0.2) is 37.3 Å². The van der Waals surface area contributed by atoms with Crippen LogP contribution < -0.4 is 5.32 Å². The fourth-order valence-electron chi connectivity index (χ4n) is 2.82. The van der Waals surface area contributed by atoms with Crippen LogP contribution in [0.25, 0.3) is 0 Å². The van der Waals surface area contributed by atoms with Gasteiger partial charge in [0.1, 0.15) is 0 Å². The fourth-order valence-corrected chi connectivity index (χ4v) is 3.32. The molecule has 1 N–H and O–H groups in total. The number of hydrogen-bond donors (Lipinski definition) is 1. The molecule has 1 saturated carbocycles. The smallest absolute Gasteiger partial charge is 0.0656 e. The number of unbranched alkanes of at least 4 members (excludes halogenated alkanes) is 3. The third-order valence-electron chi connectivity index (χ3n) is 4.47. The van der Waals surface area contributed by atoms with E-state index in [1.165, 1.54) is 44.4 Å². The highest BCUT2D eigenvalue weighted by Gasteiger charge is 2.48. The van der Waals surface area contributed by atoms with Gasteiger partial charge in [0.2, 0.25) is 0 Å². The molecule has 0 spiro atoms. The zero-order chi connectivity index (χ0) is 15.0. The van der Waals surface area contributed by atoms with Crippen LogP contribution in [0.15, 0.2) is 0 Å². The Balaban J connectivity index is 2.05. The van der Waals surface area contributed by atoms with Gasteiger partial charge in [-0.3, -0.25) is 0 Å². The van der Waals surface area contributed by atoms with Crippen molar-refractivity contribution in [3.8, 4) is 0 Å². The number of thioether (sulfide) groups is 1. The van der Waals surface area contributed by atoms with E-state index in [1.807, 2.05) is 11.8 Å². The van der Waals surface area contributed by atoms with E-state index >= 15 is 0 Å². The summed E-state index contributed by atoms with van der Waals surface area (Å²) in [5.41, 5.74) is 0.299. The molecule has 1 aliphatic rings. The Labute approximate surface area is 130 Å². The van der Waals surface area contributed by atoms with Crippen LogP contribution in [0, 0.1) is 11.3 Å². The van der Waals surface area contributed by atoms with Gasteiger partial charge in [-0.05, 0) is 43.7 Å². The van der Waals surface area contributed by atoms with Gasteiger partial charge in [-0.1, -0.05) is 40.5 Å².